The van der Waals surface area contributed by atoms with Crippen LogP contribution in [0.5, 0.6) is 0 Å². The molecule has 0 aromatic heterocycles. The number of hydrogen-bond donors (Lipinski definition) is 0. The molecule has 0 unspecified atom stereocenters. The van der Waals surface area contributed by atoms with Gasteiger partial charge in [-0.2, -0.15) is 0 Å². The number of nitrogens with zero attached hydrogens (tertiary/aromatic N) is 1. The quantitative estimate of drug-likeness (QED) is 0.598. The third kappa shape index (κ3) is 2.08. The van der Waals surface area contributed by atoms with E-state index in [1.165, 1.54) is 61.3 Å². The van der Waals surface area contributed by atoms with E-state index >= 15 is 0 Å². The van der Waals surface area contributed by atoms with Crippen molar-refractivity contribution >= 4 is 5.69 Å². The second-order valence-corrected chi connectivity index (χ2v) is 8.74. The molecule has 0 N–H and O–H groups in total. The average molecular weight is 336 g/mol. The molecule has 0 saturated carbocycles. The maximum absolute atomic E-state index is 2.42. The van der Waals surface area contributed by atoms with Gasteiger partial charge in [0.25, 0.3) is 0 Å². The van der Waals surface area contributed by atoms with Crippen molar-refractivity contribution in [1.29, 1.82) is 0 Å². The monoisotopic (exact) mass is 335 g/mol. The fraction of sp³-hybridized carbons (Fsp3) is 0.500. The first-order valence-electron chi connectivity index (χ1n) is 9.37. The van der Waals surface area contributed by atoms with Crippen LogP contribution in [0.1, 0.15) is 63.9 Å². The van der Waals surface area contributed by atoms with Crippen LogP contribution in [0.2, 0.25) is 0 Å². The first kappa shape index (κ1) is 18.0. The Morgan fingerprint density at radius 3 is 1.40 bits per heavy atom. The van der Waals surface area contributed by atoms with Gasteiger partial charge >= 0.3 is 0 Å². The van der Waals surface area contributed by atoms with Crippen LogP contribution in [0.25, 0.3) is 11.1 Å². The van der Waals surface area contributed by atoms with Crippen molar-refractivity contribution in [2.24, 2.45) is 0 Å². The van der Waals surface area contributed by atoms with E-state index in [4.69, 9.17) is 0 Å². The molecule has 25 heavy (non-hydrogen) atoms. The molecule has 0 heterocycles. The molecular formula is C24H33N. The minimum atomic E-state index is 0.0469. The Balaban J connectivity index is 2.60. The second-order valence-electron chi connectivity index (χ2n) is 8.74. The number of fused-ring (bicyclic) bond motifs is 3. The normalized spacial score (nSPS) is 14.5. The fourth-order valence-corrected chi connectivity index (χ4v) is 5.44. The predicted molar refractivity (Wildman–Crippen MR) is 111 cm³/mol. The molecule has 2 aromatic carbocycles. The summed E-state index contributed by atoms with van der Waals surface area (Å²) >= 11 is 0. The standard InChI is InChI=1S/C24H33N/c1-12-13(2)16(5)21-19(14(12)3)20-15(4)17(6)23(25(10)11)18(7)22(20)24(21,8)9/h1-11H3. The molecule has 0 spiro atoms. The van der Waals surface area contributed by atoms with E-state index in [1.807, 2.05) is 0 Å². The molecule has 0 bridgehead atoms. The van der Waals surface area contributed by atoms with E-state index in [1.54, 1.807) is 5.56 Å². The first-order chi connectivity index (χ1) is 11.4. The molecule has 0 atom stereocenters. The van der Waals surface area contributed by atoms with Crippen LogP contribution in [-0.2, 0) is 5.41 Å². The van der Waals surface area contributed by atoms with E-state index in [-0.39, 0.29) is 5.41 Å². The number of anilines is 1. The van der Waals surface area contributed by atoms with Gasteiger partial charge in [-0.3, -0.25) is 0 Å². The van der Waals surface area contributed by atoms with E-state index in [2.05, 4.69) is 81.3 Å². The second kappa shape index (κ2) is 5.37. The summed E-state index contributed by atoms with van der Waals surface area (Å²) < 4.78 is 0. The van der Waals surface area contributed by atoms with Gasteiger partial charge in [-0.15, -0.1) is 0 Å². The Labute approximate surface area is 154 Å². The van der Waals surface area contributed by atoms with Gasteiger partial charge in [0, 0.05) is 25.2 Å². The lowest BCUT2D eigenvalue weighted by Gasteiger charge is -2.30. The van der Waals surface area contributed by atoms with Crippen LogP contribution in [0, 0.1) is 48.5 Å². The zero-order valence-electron chi connectivity index (χ0n) is 17.9. The van der Waals surface area contributed by atoms with Crippen molar-refractivity contribution in [3.8, 4) is 11.1 Å². The highest BCUT2D eigenvalue weighted by atomic mass is 15.1. The third-order valence-electron chi connectivity index (χ3n) is 6.91. The van der Waals surface area contributed by atoms with Gasteiger partial charge in [-0.25, -0.2) is 0 Å². The molecule has 0 aliphatic heterocycles. The molecule has 134 valence electrons. The molecule has 2 aromatic rings. The summed E-state index contributed by atoms with van der Waals surface area (Å²) in [6.07, 6.45) is 0. The summed E-state index contributed by atoms with van der Waals surface area (Å²) in [4.78, 5) is 2.28. The molecule has 1 nitrogen and oxygen atoms in total. The largest absolute Gasteiger partial charge is 0.377 e. The molecule has 0 amide bonds. The van der Waals surface area contributed by atoms with Crippen LogP contribution in [0.3, 0.4) is 0 Å². The maximum atomic E-state index is 2.42. The molecule has 0 fully saturated rings. The fourth-order valence-electron chi connectivity index (χ4n) is 5.44. The number of rotatable bonds is 1. The summed E-state index contributed by atoms with van der Waals surface area (Å²) in [6, 6.07) is 0. The van der Waals surface area contributed by atoms with Crippen molar-refractivity contribution in [1.82, 2.24) is 0 Å². The van der Waals surface area contributed by atoms with Crippen molar-refractivity contribution in [2.45, 2.75) is 67.7 Å². The zero-order valence-corrected chi connectivity index (χ0v) is 17.9. The highest BCUT2D eigenvalue weighted by Gasteiger charge is 2.42. The minimum absolute atomic E-state index is 0.0469. The van der Waals surface area contributed by atoms with Crippen molar-refractivity contribution < 1.29 is 0 Å². The van der Waals surface area contributed by atoms with E-state index in [0.29, 0.717) is 0 Å². The molecule has 0 saturated heterocycles. The topological polar surface area (TPSA) is 3.24 Å². The lowest BCUT2D eigenvalue weighted by Crippen LogP contribution is -2.21. The first-order valence-corrected chi connectivity index (χ1v) is 9.37. The van der Waals surface area contributed by atoms with E-state index in [0.717, 1.165) is 0 Å². The van der Waals surface area contributed by atoms with Gasteiger partial charge in [0.2, 0.25) is 0 Å². The molecule has 3 rings (SSSR count). The Hall–Kier alpha value is -1.76. The summed E-state index contributed by atoms with van der Waals surface area (Å²) in [5.74, 6) is 0. The Bertz CT molecular complexity index is 911. The number of benzene rings is 2. The number of hydrogen-bond acceptors (Lipinski definition) is 1. The highest BCUT2D eigenvalue weighted by Crippen LogP contribution is 2.56. The van der Waals surface area contributed by atoms with E-state index in [9.17, 15) is 0 Å². The molecule has 1 aliphatic rings. The van der Waals surface area contributed by atoms with Crippen LogP contribution in [0.15, 0.2) is 0 Å². The molecule has 1 heteroatoms. The Kier molecular flexibility index (Phi) is 3.87. The van der Waals surface area contributed by atoms with Gasteiger partial charge in [-0.05, 0) is 110 Å². The maximum Gasteiger partial charge on any atom is 0.0426 e. The predicted octanol–water partition coefficient (Wildman–Crippen LogP) is 6.22. The zero-order chi connectivity index (χ0) is 19.0. The van der Waals surface area contributed by atoms with Gasteiger partial charge < -0.3 is 4.90 Å². The van der Waals surface area contributed by atoms with Gasteiger partial charge in [0.15, 0.2) is 0 Å². The minimum Gasteiger partial charge on any atom is -0.377 e. The lowest BCUT2D eigenvalue weighted by atomic mass is 9.76. The molecule has 0 radical (unpaired) electrons. The van der Waals surface area contributed by atoms with Crippen molar-refractivity contribution in [2.75, 3.05) is 19.0 Å². The SMILES string of the molecule is Cc1c(C)c(C)c2c(c1C)-c1c(C)c(C)c(N(C)C)c(C)c1C2(C)C. The smallest absolute Gasteiger partial charge is 0.0426 e. The van der Waals surface area contributed by atoms with Gasteiger partial charge in [0.1, 0.15) is 0 Å². The Morgan fingerprint density at radius 1 is 0.520 bits per heavy atom. The average Bonchev–Trinajstić information content (AvgIpc) is 2.76. The lowest BCUT2D eigenvalue weighted by molar-refractivity contribution is 0.649. The molecule has 1 aliphatic carbocycles. The van der Waals surface area contributed by atoms with Crippen molar-refractivity contribution in [3.63, 3.8) is 0 Å². The van der Waals surface area contributed by atoms with Crippen LogP contribution >= 0.6 is 0 Å². The highest BCUT2D eigenvalue weighted by molar-refractivity contribution is 5.91. The summed E-state index contributed by atoms with van der Waals surface area (Å²) in [6.45, 7) is 21.0. The van der Waals surface area contributed by atoms with Crippen molar-refractivity contribution in [3.05, 3.63) is 50.1 Å². The van der Waals surface area contributed by atoms with E-state index < -0.39 is 0 Å². The summed E-state index contributed by atoms with van der Waals surface area (Å²) in [7, 11) is 4.34. The van der Waals surface area contributed by atoms with Crippen LogP contribution < -0.4 is 4.90 Å². The molecular weight excluding hydrogens is 302 g/mol. The van der Waals surface area contributed by atoms with Gasteiger partial charge in [0.05, 0.1) is 0 Å². The summed E-state index contributed by atoms with van der Waals surface area (Å²) in [5.41, 5.74) is 17.7. The van der Waals surface area contributed by atoms with Crippen LogP contribution in [-0.4, -0.2) is 14.1 Å². The Morgan fingerprint density at radius 2 is 0.920 bits per heavy atom. The summed E-state index contributed by atoms with van der Waals surface area (Å²) in [5, 5.41) is 0. The van der Waals surface area contributed by atoms with Gasteiger partial charge in [-0.1, -0.05) is 13.8 Å². The third-order valence-corrected chi connectivity index (χ3v) is 6.91. The van der Waals surface area contributed by atoms with Crippen LogP contribution in [0.4, 0.5) is 5.69 Å².